The summed E-state index contributed by atoms with van der Waals surface area (Å²) in [5, 5.41) is 10.2. The molecule has 0 saturated carbocycles. The molecule has 0 saturated heterocycles. The van der Waals surface area contributed by atoms with E-state index in [-0.39, 0.29) is 0 Å². The molecule has 17 heavy (non-hydrogen) atoms. The number of aryl methyl sites for hydroxylation is 2. The predicted molar refractivity (Wildman–Crippen MR) is 76.6 cm³/mol. The van der Waals surface area contributed by atoms with Gasteiger partial charge in [-0.3, -0.25) is 0 Å². The number of aliphatic hydroxyl groups excluding tert-OH is 1. The second-order valence-corrected chi connectivity index (χ2v) is 6.44. The van der Waals surface area contributed by atoms with Gasteiger partial charge in [-0.25, -0.2) is 0 Å². The van der Waals surface area contributed by atoms with Gasteiger partial charge in [0.2, 0.25) is 0 Å². The smallest absolute Gasteiger partial charge is 0.0922 e. The molecular weight excluding hydrogens is 296 g/mol. The minimum absolute atomic E-state index is 0.395. The Kier molecular flexibility index (Phi) is 4.02. The van der Waals surface area contributed by atoms with Crippen LogP contribution in [0, 0.1) is 13.8 Å². The van der Waals surface area contributed by atoms with Gasteiger partial charge in [-0.15, -0.1) is 11.3 Å². The van der Waals surface area contributed by atoms with Crippen molar-refractivity contribution in [1.82, 2.24) is 0 Å². The van der Waals surface area contributed by atoms with Crippen molar-refractivity contribution in [3.05, 3.63) is 55.7 Å². The van der Waals surface area contributed by atoms with Gasteiger partial charge in [0.25, 0.3) is 0 Å². The Morgan fingerprint density at radius 2 is 1.88 bits per heavy atom. The van der Waals surface area contributed by atoms with Crippen LogP contribution in [-0.4, -0.2) is 5.11 Å². The Balaban J connectivity index is 2.11. The fourth-order valence-electron chi connectivity index (χ4n) is 1.71. The first kappa shape index (κ1) is 12.8. The summed E-state index contributed by atoms with van der Waals surface area (Å²) >= 11 is 5.09. The van der Waals surface area contributed by atoms with E-state index in [1.54, 1.807) is 11.3 Å². The molecule has 0 amide bonds. The largest absolute Gasteiger partial charge is 0.387 e. The Hall–Kier alpha value is -0.640. The monoisotopic (exact) mass is 310 g/mol. The lowest BCUT2D eigenvalue weighted by molar-refractivity contribution is 0.182. The third-order valence-corrected chi connectivity index (χ3v) is 4.64. The molecular formula is C14H15BrOS. The molecule has 0 radical (unpaired) electrons. The maximum Gasteiger partial charge on any atom is 0.0922 e. The number of hydrogen-bond acceptors (Lipinski definition) is 2. The number of rotatable bonds is 3. The minimum Gasteiger partial charge on any atom is -0.387 e. The zero-order valence-electron chi connectivity index (χ0n) is 9.90. The number of thiophene rings is 1. The van der Waals surface area contributed by atoms with Crippen LogP contribution in [0.4, 0.5) is 0 Å². The van der Waals surface area contributed by atoms with E-state index < -0.39 is 6.10 Å². The van der Waals surface area contributed by atoms with Gasteiger partial charge in [0, 0.05) is 20.6 Å². The molecule has 2 aromatic rings. The molecule has 1 unspecified atom stereocenters. The van der Waals surface area contributed by atoms with Crippen LogP contribution in [0.15, 0.2) is 34.8 Å². The predicted octanol–water partition coefficient (Wildman–Crippen LogP) is 4.40. The molecule has 0 aliphatic heterocycles. The second kappa shape index (κ2) is 5.34. The normalized spacial score (nSPS) is 12.7. The molecule has 3 heteroatoms. The molecule has 0 bridgehead atoms. The van der Waals surface area contributed by atoms with E-state index in [0.29, 0.717) is 6.42 Å². The van der Waals surface area contributed by atoms with Crippen LogP contribution in [0.3, 0.4) is 0 Å². The Morgan fingerprint density at radius 1 is 1.24 bits per heavy atom. The van der Waals surface area contributed by atoms with Crippen LogP contribution < -0.4 is 0 Å². The average molecular weight is 311 g/mol. The van der Waals surface area contributed by atoms with E-state index in [9.17, 15) is 5.11 Å². The molecule has 1 heterocycles. The van der Waals surface area contributed by atoms with Gasteiger partial charge in [0.15, 0.2) is 0 Å². The van der Waals surface area contributed by atoms with Crippen molar-refractivity contribution >= 4 is 27.3 Å². The zero-order chi connectivity index (χ0) is 12.4. The number of aliphatic hydroxyl groups is 1. The molecule has 0 aliphatic rings. The molecule has 2 rings (SSSR count). The highest BCUT2D eigenvalue weighted by atomic mass is 79.9. The lowest BCUT2D eigenvalue weighted by Gasteiger charge is -2.08. The molecule has 1 nitrogen and oxygen atoms in total. The van der Waals surface area contributed by atoms with Crippen LogP contribution in [0.1, 0.15) is 27.0 Å². The minimum atomic E-state index is -0.395. The molecule has 0 spiro atoms. The van der Waals surface area contributed by atoms with E-state index in [1.165, 1.54) is 10.4 Å². The lowest BCUT2D eigenvalue weighted by Crippen LogP contribution is -1.99. The van der Waals surface area contributed by atoms with Crippen molar-refractivity contribution < 1.29 is 5.11 Å². The van der Waals surface area contributed by atoms with E-state index in [0.717, 1.165) is 14.9 Å². The number of benzene rings is 1. The summed E-state index contributed by atoms with van der Waals surface area (Å²) in [7, 11) is 0. The van der Waals surface area contributed by atoms with Crippen molar-refractivity contribution in [2.24, 2.45) is 0 Å². The quantitative estimate of drug-likeness (QED) is 0.890. The summed E-state index contributed by atoms with van der Waals surface area (Å²) in [6.07, 6.45) is 0.278. The van der Waals surface area contributed by atoms with Crippen LogP contribution >= 0.6 is 27.3 Å². The van der Waals surface area contributed by atoms with Crippen LogP contribution in [0.25, 0.3) is 0 Å². The Labute approximate surface area is 114 Å². The molecule has 0 fully saturated rings. The topological polar surface area (TPSA) is 20.2 Å². The summed E-state index contributed by atoms with van der Waals surface area (Å²) in [6, 6.07) is 10.2. The van der Waals surface area contributed by atoms with E-state index in [2.05, 4.69) is 35.8 Å². The second-order valence-electron chi connectivity index (χ2n) is 4.23. The van der Waals surface area contributed by atoms with Crippen LogP contribution in [0.2, 0.25) is 0 Å². The highest BCUT2D eigenvalue weighted by molar-refractivity contribution is 9.10. The third-order valence-electron chi connectivity index (χ3n) is 2.86. The average Bonchev–Trinajstić information content (AvgIpc) is 2.63. The molecule has 0 aliphatic carbocycles. The fraction of sp³-hybridized carbons (Fsp3) is 0.286. The van der Waals surface area contributed by atoms with E-state index >= 15 is 0 Å². The van der Waals surface area contributed by atoms with Gasteiger partial charge in [0.05, 0.1) is 6.10 Å². The van der Waals surface area contributed by atoms with E-state index in [4.69, 9.17) is 0 Å². The highest BCUT2D eigenvalue weighted by Gasteiger charge is 2.12. The van der Waals surface area contributed by atoms with Crippen LogP contribution in [-0.2, 0) is 6.42 Å². The van der Waals surface area contributed by atoms with Crippen molar-refractivity contribution in [1.29, 1.82) is 0 Å². The highest BCUT2D eigenvalue weighted by Crippen LogP contribution is 2.28. The Morgan fingerprint density at radius 3 is 2.41 bits per heavy atom. The first-order valence-corrected chi connectivity index (χ1v) is 7.16. The maximum atomic E-state index is 10.2. The molecule has 1 aromatic heterocycles. The molecule has 90 valence electrons. The fourth-order valence-corrected chi connectivity index (χ4v) is 3.00. The first-order valence-electron chi connectivity index (χ1n) is 5.55. The third kappa shape index (κ3) is 3.18. The lowest BCUT2D eigenvalue weighted by atomic mass is 10.1. The maximum absolute atomic E-state index is 10.2. The summed E-state index contributed by atoms with van der Waals surface area (Å²) in [5.74, 6) is 0. The van der Waals surface area contributed by atoms with Gasteiger partial charge in [-0.2, -0.15) is 0 Å². The standard InChI is InChI=1S/C14H15BrOS/c1-9-7-14(17-10(9)2)13(16)8-11-3-5-12(15)6-4-11/h3-7,13,16H,8H2,1-2H3. The van der Waals surface area contributed by atoms with Crippen molar-refractivity contribution in [2.75, 3.05) is 0 Å². The first-order chi connectivity index (χ1) is 8.06. The van der Waals surface area contributed by atoms with Gasteiger partial charge in [0.1, 0.15) is 0 Å². The summed E-state index contributed by atoms with van der Waals surface area (Å²) < 4.78 is 1.07. The number of halogens is 1. The van der Waals surface area contributed by atoms with Gasteiger partial charge < -0.3 is 5.11 Å². The van der Waals surface area contributed by atoms with Crippen molar-refractivity contribution in [3.63, 3.8) is 0 Å². The van der Waals surface area contributed by atoms with Gasteiger partial charge in [-0.1, -0.05) is 28.1 Å². The SMILES string of the molecule is Cc1cc(C(O)Cc2ccc(Br)cc2)sc1C. The zero-order valence-corrected chi connectivity index (χ0v) is 12.3. The molecule has 1 aromatic carbocycles. The van der Waals surface area contributed by atoms with Gasteiger partial charge >= 0.3 is 0 Å². The van der Waals surface area contributed by atoms with Crippen molar-refractivity contribution in [2.45, 2.75) is 26.4 Å². The summed E-state index contributed by atoms with van der Waals surface area (Å²) in [5.41, 5.74) is 2.42. The summed E-state index contributed by atoms with van der Waals surface area (Å²) in [6.45, 7) is 4.18. The number of hydrogen-bond donors (Lipinski definition) is 1. The summed E-state index contributed by atoms with van der Waals surface area (Å²) in [4.78, 5) is 2.35. The van der Waals surface area contributed by atoms with Gasteiger partial charge in [-0.05, 0) is 43.2 Å². The molecule has 1 atom stereocenters. The van der Waals surface area contributed by atoms with Crippen LogP contribution in [0.5, 0.6) is 0 Å². The van der Waals surface area contributed by atoms with Crippen molar-refractivity contribution in [3.8, 4) is 0 Å². The van der Waals surface area contributed by atoms with E-state index in [1.807, 2.05) is 24.3 Å². The molecule has 1 N–H and O–H groups in total. The Bertz CT molecular complexity index is 482.